The van der Waals surface area contributed by atoms with Crippen LogP contribution >= 0.6 is 11.3 Å². The van der Waals surface area contributed by atoms with Crippen molar-refractivity contribution in [3.8, 4) is 11.8 Å². The first kappa shape index (κ1) is 18.7. The van der Waals surface area contributed by atoms with Gasteiger partial charge in [0.15, 0.2) is 5.78 Å². The number of nitrogens with one attached hydrogen (secondary N) is 1. The number of carboxylic acid groups (broad SMARTS) is 1. The highest BCUT2D eigenvalue weighted by atomic mass is 32.1. The molecular formula is C16H19NO5S. The van der Waals surface area contributed by atoms with Crippen molar-refractivity contribution in [2.75, 3.05) is 6.54 Å². The molecule has 6 nitrogen and oxygen atoms in total. The molecule has 0 bridgehead atoms. The number of alkyl carbamates (subject to hydrolysis) is 1. The van der Waals surface area contributed by atoms with Gasteiger partial charge in [0, 0.05) is 6.42 Å². The van der Waals surface area contributed by atoms with E-state index in [2.05, 4.69) is 17.2 Å². The van der Waals surface area contributed by atoms with Gasteiger partial charge in [-0.15, -0.1) is 11.3 Å². The first-order valence-electron chi connectivity index (χ1n) is 6.98. The number of Topliss-reactive ketones (excluding diaryl/α,β-unsaturated/α-hetero) is 1. The van der Waals surface area contributed by atoms with E-state index in [0.29, 0.717) is 9.75 Å². The first-order chi connectivity index (χ1) is 10.7. The van der Waals surface area contributed by atoms with Crippen LogP contribution in [0.3, 0.4) is 0 Å². The van der Waals surface area contributed by atoms with E-state index in [1.54, 1.807) is 32.9 Å². The number of amides is 1. The number of aliphatic carboxylic acids is 1. The van der Waals surface area contributed by atoms with Crippen LogP contribution in [0.2, 0.25) is 0 Å². The number of rotatable bonds is 5. The van der Waals surface area contributed by atoms with E-state index < -0.39 is 17.7 Å². The topological polar surface area (TPSA) is 92.7 Å². The molecule has 124 valence electrons. The van der Waals surface area contributed by atoms with Crippen LogP contribution in [0.5, 0.6) is 0 Å². The summed E-state index contributed by atoms with van der Waals surface area (Å²) in [5.41, 5.74) is -0.559. The van der Waals surface area contributed by atoms with Crippen LogP contribution in [-0.2, 0) is 9.53 Å². The SMILES string of the molecule is CC(C)(C)OC(=O)NCC#Cc1ccc(C(=O)CCC(=O)O)s1. The fourth-order valence-electron chi connectivity index (χ4n) is 1.46. The van der Waals surface area contributed by atoms with Crippen molar-refractivity contribution in [2.24, 2.45) is 0 Å². The summed E-state index contributed by atoms with van der Waals surface area (Å²) in [5, 5.41) is 11.1. The molecule has 1 amide bonds. The fourth-order valence-corrected chi connectivity index (χ4v) is 2.31. The summed E-state index contributed by atoms with van der Waals surface area (Å²) in [6.07, 6.45) is -0.747. The zero-order valence-corrected chi connectivity index (χ0v) is 14.1. The summed E-state index contributed by atoms with van der Waals surface area (Å²) in [6, 6.07) is 3.32. The van der Waals surface area contributed by atoms with Crippen molar-refractivity contribution in [1.82, 2.24) is 5.32 Å². The molecule has 7 heteroatoms. The predicted molar refractivity (Wildman–Crippen MR) is 86.6 cm³/mol. The van der Waals surface area contributed by atoms with E-state index in [-0.39, 0.29) is 25.2 Å². The molecule has 0 aromatic carbocycles. The van der Waals surface area contributed by atoms with Crippen LogP contribution in [0.15, 0.2) is 12.1 Å². The Labute approximate surface area is 138 Å². The van der Waals surface area contributed by atoms with Gasteiger partial charge in [0.05, 0.1) is 22.7 Å². The molecule has 0 unspecified atom stereocenters. The molecule has 0 atom stereocenters. The van der Waals surface area contributed by atoms with E-state index in [1.807, 2.05) is 0 Å². The lowest BCUT2D eigenvalue weighted by molar-refractivity contribution is -0.136. The number of carbonyl (C=O) groups is 3. The summed E-state index contributed by atoms with van der Waals surface area (Å²) in [4.78, 5) is 34.7. The minimum atomic E-state index is -0.997. The number of hydrogen-bond donors (Lipinski definition) is 2. The lowest BCUT2D eigenvalue weighted by Gasteiger charge is -2.18. The first-order valence-corrected chi connectivity index (χ1v) is 7.79. The molecule has 1 aromatic heterocycles. The Morgan fingerprint density at radius 3 is 2.57 bits per heavy atom. The molecule has 0 saturated heterocycles. The third kappa shape index (κ3) is 8.02. The molecule has 0 saturated carbocycles. The van der Waals surface area contributed by atoms with Gasteiger partial charge in [0.25, 0.3) is 0 Å². The van der Waals surface area contributed by atoms with Gasteiger partial charge in [-0.2, -0.15) is 0 Å². The highest BCUT2D eigenvalue weighted by Crippen LogP contribution is 2.17. The normalized spacial score (nSPS) is 10.4. The van der Waals surface area contributed by atoms with Crippen molar-refractivity contribution in [2.45, 2.75) is 39.2 Å². The van der Waals surface area contributed by atoms with Gasteiger partial charge in [0.1, 0.15) is 5.60 Å². The van der Waals surface area contributed by atoms with Crippen LogP contribution in [0.4, 0.5) is 4.79 Å². The highest BCUT2D eigenvalue weighted by Gasteiger charge is 2.15. The Bertz CT molecular complexity index is 645. The van der Waals surface area contributed by atoms with Crippen LogP contribution < -0.4 is 5.32 Å². The maximum atomic E-state index is 11.7. The molecule has 1 heterocycles. The zero-order chi connectivity index (χ0) is 17.5. The lowest BCUT2D eigenvalue weighted by atomic mass is 10.2. The van der Waals surface area contributed by atoms with E-state index in [0.717, 1.165) is 0 Å². The maximum Gasteiger partial charge on any atom is 0.408 e. The molecule has 1 rings (SSSR count). The number of carboxylic acids is 1. The second-order valence-corrected chi connectivity index (χ2v) is 6.72. The zero-order valence-electron chi connectivity index (χ0n) is 13.3. The molecule has 0 aliphatic heterocycles. The van der Waals surface area contributed by atoms with Gasteiger partial charge in [-0.1, -0.05) is 11.8 Å². The highest BCUT2D eigenvalue weighted by molar-refractivity contribution is 7.14. The molecule has 1 aromatic rings. The van der Waals surface area contributed by atoms with Gasteiger partial charge < -0.3 is 15.2 Å². The summed E-state index contributed by atoms with van der Waals surface area (Å²) in [5.74, 6) is 4.39. The Morgan fingerprint density at radius 2 is 1.96 bits per heavy atom. The average molecular weight is 337 g/mol. The second-order valence-electron chi connectivity index (χ2n) is 5.64. The lowest BCUT2D eigenvalue weighted by Crippen LogP contribution is -2.32. The van der Waals surface area contributed by atoms with Gasteiger partial charge in [-0.25, -0.2) is 4.79 Å². The minimum absolute atomic E-state index is 0.0249. The van der Waals surface area contributed by atoms with Crippen molar-refractivity contribution in [1.29, 1.82) is 0 Å². The van der Waals surface area contributed by atoms with E-state index >= 15 is 0 Å². The van der Waals surface area contributed by atoms with Crippen molar-refractivity contribution in [3.05, 3.63) is 21.9 Å². The van der Waals surface area contributed by atoms with Crippen LogP contribution in [-0.4, -0.2) is 35.1 Å². The number of thiophene rings is 1. The third-order valence-electron chi connectivity index (χ3n) is 2.38. The van der Waals surface area contributed by atoms with Crippen molar-refractivity contribution in [3.63, 3.8) is 0 Å². The molecule has 0 aliphatic rings. The second kappa shape index (κ2) is 8.34. The van der Waals surface area contributed by atoms with Gasteiger partial charge in [0.2, 0.25) is 0 Å². The Hall–Kier alpha value is -2.33. The van der Waals surface area contributed by atoms with E-state index in [1.165, 1.54) is 11.3 Å². The van der Waals surface area contributed by atoms with Gasteiger partial charge in [-0.3, -0.25) is 9.59 Å². The monoisotopic (exact) mass is 337 g/mol. The largest absolute Gasteiger partial charge is 0.481 e. The maximum absolute atomic E-state index is 11.7. The smallest absolute Gasteiger partial charge is 0.408 e. The molecule has 0 spiro atoms. The van der Waals surface area contributed by atoms with Crippen molar-refractivity contribution >= 4 is 29.2 Å². The Kier molecular flexibility index (Phi) is 6.79. The standard InChI is InChI=1S/C16H19NO5S/c1-16(2,3)22-15(21)17-10-4-5-11-6-8-13(23-11)12(18)7-9-14(19)20/h6,8H,7,9-10H2,1-3H3,(H,17,21)(H,19,20). The molecule has 2 N–H and O–H groups in total. The Morgan fingerprint density at radius 1 is 1.26 bits per heavy atom. The van der Waals surface area contributed by atoms with Crippen molar-refractivity contribution < 1.29 is 24.2 Å². The van der Waals surface area contributed by atoms with Gasteiger partial charge >= 0.3 is 12.1 Å². The molecular weight excluding hydrogens is 318 g/mol. The summed E-state index contributed by atoms with van der Waals surface area (Å²) < 4.78 is 5.06. The summed E-state index contributed by atoms with van der Waals surface area (Å²) in [7, 11) is 0. The van der Waals surface area contributed by atoms with Crippen LogP contribution in [0, 0.1) is 11.8 Å². The summed E-state index contributed by atoms with van der Waals surface area (Å²) >= 11 is 1.20. The predicted octanol–water partition coefficient (Wildman–Crippen LogP) is 2.67. The van der Waals surface area contributed by atoms with Crippen LogP contribution in [0.25, 0.3) is 0 Å². The molecule has 0 aliphatic carbocycles. The number of carbonyl (C=O) groups excluding carboxylic acids is 2. The minimum Gasteiger partial charge on any atom is -0.481 e. The number of ketones is 1. The third-order valence-corrected chi connectivity index (χ3v) is 3.42. The molecule has 23 heavy (non-hydrogen) atoms. The van der Waals surface area contributed by atoms with Gasteiger partial charge in [-0.05, 0) is 32.9 Å². The van der Waals surface area contributed by atoms with E-state index in [9.17, 15) is 14.4 Å². The number of ether oxygens (including phenoxy) is 1. The quantitative estimate of drug-likeness (QED) is 0.636. The number of hydrogen-bond acceptors (Lipinski definition) is 5. The molecule has 0 fully saturated rings. The summed E-state index contributed by atoms with van der Waals surface area (Å²) in [6.45, 7) is 5.45. The van der Waals surface area contributed by atoms with E-state index in [4.69, 9.17) is 9.84 Å². The fraction of sp³-hybridized carbons (Fsp3) is 0.438. The molecule has 0 radical (unpaired) electrons. The Balaban J connectivity index is 2.46. The van der Waals surface area contributed by atoms with Crippen LogP contribution in [0.1, 0.15) is 48.2 Å². The average Bonchev–Trinajstić information content (AvgIpc) is 2.88.